The van der Waals surface area contributed by atoms with Crippen molar-refractivity contribution in [3.05, 3.63) is 101 Å². The number of hydrogen-bond acceptors (Lipinski definition) is 6. The predicted molar refractivity (Wildman–Crippen MR) is 130 cm³/mol. The van der Waals surface area contributed by atoms with Gasteiger partial charge in [0.1, 0.15) is 0 Å². The smallest absolute Gasteiger partial charge is 0.274 e. The molecule has 0 fully saturated rings. The lowest BCUT2D eigenvalue weighted by molar-refractivity contribution is -0.385. The molecule has 1 amide bonds. The second kappa shape index (κ2) is 10.1. The first kappa shape index (κ1) is 22.2. The molecule has 0 spiro atoms. The average Bonchev–Trinajstić information content (AvgIpc) is 2.85. The molecule has 0 saturated carbocycles. The Balaban J connectivity index is 1.56. The zero-order valence-corrected chi connectivity index (χ0v) is 18.6. The third-order valence-corrected chi connectivity index (χ3v) is 5.80. The summed E-state index contributed by atoms with van der Waals surface area (Å²) in [5, 5.41) is 14.4. The Bertz CT molecular complexity index is 1240. The minimum absolute atomic E-state index is 0.0353. The quantitative estimate of drug-likeness (QED) is 0.164. The van der Waals surface area contributed by atoms with E-state index in [2.05, 4.69) is 15.3 Å². The SMILES string of the molecule is Cc1c(NC(=O)CSc2nc(-c3ccccc3)cc(-c3ccccc3)n2)cccc1[N+](=O)[O-]. The van der Waals surface area contributed by atoms with Gasteiger partial charge >= 0.3 is 0 Å². The van der Waals surface area contributed by atoms with Gasteiger partial charge < -0.3 is 5.32 Å². The van der Waals surface area contributed by atoms with Gasteiger partial charge in [-0.25, -0.2) is 9.97 Å². The summed E-state index contributed by atoms with van der Waals surface area (Å²) in [4.78, 5) is 32.5. The number of carbonyl (C=O) groups is 1. The summed E-state index contributed by atoms with van der Waals surface area (Å²) in [7, 11) is 0. The molecule has 3 aromatic carbocycles. The minimum Gasteiger partial charge on any atom is -0.325 e. The average molecular weight is 457 g/mol. The Morgan fingerprint density at radius 1 is 0.909 bits per heavy atom. The number of thioether (sulfide) groups is 1. The van der Waals surface area contributed by atoms with Gasteiger partial charge in [-0.05, 0) is 19.1 Å². The van der Waals surface area contributed by atoms with Crippen molar-refractivity contribution in [3.8, 4) is 22.5 Å². The van der Waals surface area contributed by atoms with Crippen molar-refractivity contribution >= 4 is 29.0 Å². The van der Waals surface area contributed by atoms with Gasteiger partial charge in [-0.15, -0.1) is 0 Å². The number of amides is 1. The van der Waals surface area contributed by atoms with E-state index in [0.717, 1.165) is 22.5 Å². The van der Waals surface area contributed by atoms with Crippen LogP contribution in [0.4, 0.5) is 11.4 Å². The van der Waals surface area contributed by atoms with E-state index < -0.39 is 4.92 Å². The number of nitro groups is 1. The molecule has 1 N–H and O–H groups in total. The molecule has 1 aromatic heterocycles. The van der Waals surface area contributed by atoms with E-state index in [1.165, 1.54) is 17.8 Å². The maximum absolute atomic E-state index is 12.6. The Kier molecular flexibility index (Phi) is 6.75. The highest BCUT2D eigenvalue weighted by Crippen LogP contribution is 2.28. The first-order chi connectivity index (χ1) is 16.0. The van der Waals surface area contributed by atoms with Crippen molar-refractivity contribution < 1.29 is 9.72 Å². The fourth-order valence-electron chi connectivity index (χ4n) is 3.28. The highest BCUT2D eigenvalue weighted by atomic mass is 32.2. The predicted octanol–water partition coefficient (Wildman–Crippen LogP) is 5.76. The second-order valence-corrected chi connectivity index (χ2v) is 8.14. The van der Waals surface area contributed by atoms with Crippen molar-refractivity contribution in [1.29, 1.82) is 0 Å². The Morgan fingerprint density at radius 3 is 2.03 bits per heavy atom. The molecule has 0 aliphatic heterocycles. The summed E-state index contributed by atoms with van der Waals surface area (Å²) >= 11 is 1.21. The summed E-state index contributed by atoms with van der Waals surface area (Å²) in [6, 6.07) is 26.1. The number of nitrogens with one attached hydrogen (secondary N) is 1. The lowest BCUT2D eigenvalue weighted by Crippen LogP contribution is -2.15. The number of nitrogens with zero attached hydrogens (tertiary/aromatic N) is 3. The largest absolute Gasteiger partial charge is 0.325 e. The molecule has 4 aromatic rings. The molecule has 0 unspecified atom stereocenters. The molecule has 33 heavy (non-hydrogen) atoms. The van der Waals surface area contributed by atoms with Crippen molar-refractivity contribution in [2.45, 2.75) is 12.1 Å². The molecule has 0 bridgehead atoms. The van der Waals surface area contributed by atoms with Crippen molar-refractivity contribution in [1.82, 2.24) is 9.97 Å². The van der Waals surface area contributed by atoms with Crippen LogP contribution in [0.3, 0.4) is 0 Å². The fourth-order valence-corrected chi connectivity index (χ4v) is 3.93. The summed E-state index contributed by atoms with van der Waals surface area (Å²) in [6.45, 7) is 1.61. The van der Waals surface area contributed by atoms with Crippen LogP contribution in [-0.2, 0) is 4.79 Å². The molecule has 0 saturated heterocycles. The molecule has 0 atom stereocenters. The van der Waals surface area contributed by atoms with Crippen molar-refractivity contribution in [2.75, 3.05) is 11.1 Å². The second-order valence-electron chi connectivity index (χ2n) is 7.20. The number of rotatable bonds is 7. The minimum atomic E-state index is -0.465. The van der Waals surface area contributed by atoms with E-state index in [0.29, 0.717) is 16.4 Å². The summed E-state index contributed by atoms with van der Waals surface area (Å²) in [6.07, 6.45) is 0. The number of carbonyl (C=O) groups excluding carboxylic acids is 1. The molecule has 164 valence electrons. The van der Waals surface area contributed by atoms with E-state index in [1.54, 1.807) is 19.1 Å². The van der Waals surface area contributed by atoms with Gasteiger partial charge in [-0.3, -0.25) is 14.9 Å². The van der Waals surface area contributed by atoms with Gasteiger partial charge in [0, 0.05) is 17.2 Å². The van der Waals surface area contributed by atoms with Crippen LogP contribution in [0, 0.1) is 17.0 Å². The maximum Gasteiger partial charge on any atom is 0.274 e. The van der Waals surface area contributed by atoms with Gasteiger partial charge in [-0.1, -0.05) is 78.5 Å². The molecular weight excluding hydrogens is 436 g/mol. The molecular formula is C25H20N4O3S. The van der Waals surface area contributed by atoms with Gasteiger partial charge in [-0.2, -0.15) is 0 Å². The van der Waals surface area contributed by atoms with Gasteiger partial charge in [0.05, 0.1) is 33.3 Å². The highest BCUT2D eigenvalue weighted by Gasteiger charge is 2.16. The van der Waals surface area contributed by atoms with Crippen LogP contribution in [0.2, 0.25) is 0 Å². The van der Waals surface area contributed by atoms with E-state index in [9.17, 15) is 14.9 Å². The zero-order valence-electron chi connectivity index (χ0n) is 17.8. The van der Waals surface area contributed by atoms with E-state index in [4.69, 9.17) is 0 Å². The Morgan fingerprint density at radius 2 is 1.48 bits per heavy atom. The monoisotopic (exact) mass is 456 g/mol. The number of hydrogen-bond donors (Lipinski definition) is 1. The zero-order chi connectivity index (χ0) is 23.2. The Hall–Kier alpha value is -4.04. The normalized spacial score (nSPS) is 10.6. The molecule has 0 aliphatic carbocycles. The lowest BCUT2D eigenvalue weighted by Gasteiger charge is -2.10. The van der Waals surface area contributed by atoms with Crippen molar-refractivity contribution in [3.63, 3.8) is 0 Å². The highest BCUT2D eigenvalue weighted by molar-refractivity contribution is 7.99. The van der Waals surface area contributed by atoms with E-state index in [-0.39, 0.29) is 17.3 Å². The summed E-state index contributed by atoms with van der Waals surface area (Å²) in [5.41, 5.74) is 4.23. The molecule has 8 heteroatoms. The van der Waals surface area contributed by atoms with Crippen LogP contribution in [0.15, 0.2) is 90.1 Å². The number of aromatic nitrogens is 2. The standard InChI is InChI=1S/C25H20N4O3S/c1-17-20(13-8-14-23(17)29(31)32)26-24(30)16-33-25-27-21(18-9-4-2-5-10-18)15-22(28-25)19-11-6-3-7-12-19/h2-15H,16H2,1H3,(H,26,30). The van der Waals surface area contributed by atoms with Crippen LogP contribution in [0.1, 0.15) is 5.56 Å². The topological polar surface area (TPSA) is 98.0 Å². The van der Waals surface area contributed by atoms with Crippen LogP contribution < -0.4 is 5.32 Å². The lowest BCUT2D eigenvalue weighted by atomic mass is 10.1. The summed E-state index contributed by atoms with van der Waals surface area (Å²) in [5.74, 6) is -0.229. The molecule has 4 rings (SSSR count). The van der Waals surface area contributed by atoms with Crippen LogP contribution in [0.25, 0.3) is 22.5 Å². The number of anilines is 1. The summed E-state index contributed by atoms with van der Waals surface area (Å²) < 4.78 is 0. The van der Waals surface area contributed by atoms with Crippen LogP contribution in [0.5, 0.6) is 0 Å². The number of nitro benzene ring substituents is 1. The maximum atomic E-state index is 12.6. The number of benzene rings is 3. The van der Waals surface area contributed by atoms with Gasteiger partial charge in [0.25, 0.3) is 5.69 Å². The third-order valence-electron chi connectivity index (χ3n) is 4.95. The van der Waals surface area contributed by atoms with Crippen molar-refractivity contribution in [2.24, 2.45) is 0 Å². The molecule has 1 heterocycles. The third kappa shape index (κ3) is 5.42. The molecule has 7 nitrogen and oxygen atoms in total. The first-order valence-electron chi connectivity index (χ1n) is 10.2. The van der Waals surface area contributed by atoms with E-state index >= 15 is 0 Å². The Labute approximate surface area is 195 Å². The molecule has 0 radical (unpaired) electrons. The van der Waals surface area contributed by atoms with Gasteiger partial charge in [0.15, 0.2) is 5.16 Å². The first-order valence-corrected chi connectivity index (χ1v) is 11.2. The van der Waals surface area contributed by atoms with E-state index in [1.807, 2.05) is 66.7 Å². The molecule has 0 aliphatic rings. The van der Waals surface area contributed by atoms with Gasteiger partial charge in [0.2, 0.25) is 5.91 Å². The van der Waals surface area contributed by atoms with Crippen LogP contribution >= 0.6 is 11.8 Å². The fraction of sp³-hybridized carbons (Fsp3) is 0.0800. The van der Waals surface area contributed by atoms with Crippen LogP contribution in [-0.4, -0.2) is 26.6 Å².